The van der Waals surface area contributed by atoms with Crippen molar-refractivity contribution in [2.75, 3.05) is 20.2 Å². The standard InChI is InChI=1S/C22H28N6O5/c1-21-8-9-22(33-21)16(15(21)18(30)23-2)20(32)27(10-5-11-29)17(22)19(31)24-12-28-14-7-4-3-6-13(14)25-26-28/h3-4,6-7,15-17,29H,5,8-12H2,1-2H3,(H,23,30)(H,24,31)/t15-,16+,17?,21+,22?/m1/s1. The number of nitrogens with zero attached hydrogens (tertiary/aromatic N) is 4. The van der Waals surface area contributed by atoms with Gasteiger partial charge in [0.25, 0.3) is 0 Å². The van der Waals surface area contributed by atoms with E-state index in [1.807, 2.05) is 31.2 Å². The van der Waals surface area contributed by atoms with E-state index < -0.39 is 29.1 Å². The lowest BCUT2D eigenvalue weighted by Crippen LogP contribution is -2.55. The van der Waals surface area contributed by atoms with Crippen molar-refractivity contribution in [2.24, 2.45) is 11.8 Å². The Morgan fingerprint density at radius 1 is 1.27 bits per heavy atom. The Morgan fingerprint density at radius 3 is 2.82 bits per heavy atom. The molecule has 2 unspecified atom stereocenters. The average Bonchev–Trinajstić information content (AvgIpc) is 3.51. The van der Waals surface area contributed by atoms with Crippen LogP contribution in [0.3, 0.4) is 0 Å². The van der Waals surface area contributed by atoms with Crippen LogP contribution in [-0.2, 0) is 25.8 Å². The molecule has 3 aliphatic rings. The quantitative estimate of drug-likeness (QED) is 0.506. The first-order chi connectivity index (χ1) is 15.9. The number of amides is 3. The first-order valence-corrected chi connectivity index (χ1v) is 11.3. The molecule has 176 valence electrons. The van der Waals surface area contributed by atoms with Crippen LogP contribution in [0.2, 0.25) is 0 Å². The predicted octanol–water partition coefficient (Wildman–Crippen LogP) is -0.602. The molecule has 3 saturated heterocycles. The molecule has 0 aliphatic carbocycles. The van der Waals surface area contributed by atoms with Crippen LogP contribution in [-0.4, -0.2) is 80.2 Å². The van der Waals surface area contributed by atoms with Crippen molar-refractivity contribution in [3.8, 4) is 0 Å². The number of ether oxygens (including phenoxy) is 1. The van der Waals surface area contributed by atoms with E-state index in [1.165, 1.54) is 4.90 Å². The second kappa shape index (κ2) is 7.77. The molecule has 4 heterocycles. The summed E-state index contributed by atoms with van der Waals surface area (Å²) in [5.41, 5.74) is -0.388. The van der Waals surface area contributed by atoms with Gasteiger partial charge in [0.05, 0.1) is 23.0 Å². The molecule has 2 bridgehead atoms. The van der Waals surface area contributed by atoms with Crippen molar-refractivity contribution in [1.29, 1.82) is 0 Å². The zero-order chi connectivity index (χ0) is 23.4. The third-order valence-electron chi connectivity index (χ3n) is 7.43. The highest BCUT2D eigenvalue weighted by molar-refractivity contribution is 5.99. The molecule has 11 nitrogen and oxygen atoms in total. The maximum Gasteiger partial charge on any atom is 0.247 e. The summed E-state index contributed by atoms with van der Waals surface area (Å²) in [6.45, 7) is 2.02. The number of likely N-dealkylation sites (tertiary alicyclic amines) is 1. The number of carbonyl (C=O) groups is 3. The fourth-order valence-corrected chi connectivity index (χ4v) is 6.05. The molecule has 3 N–H and O–H groups in total. The van der Waals surface area contributed by atoms with E-state index in [1.54, 1.807) is 11.7 Å². The minimum Gasteiger partial charge on any atom is -0.396 e. The Bertz CT molecular complexity index is 1120. The minimum atomic E-state index is -1.08. The lowest BCUT2D eigenvalue weighted by molar-refractivity contribution is -0.146. The Kier molecular flexibility index (Phi) is 5.13. The van der Waals surface area contributed by atoms with E-state index in [0.29, 0.717) is 24.8 Å². The van der Waals surface area contributed by atoms with Crippen molar-refractivity contribution in [3.05, 3.63) is 24.3 Å². The monoisotopic (exact) mass is 456 g/mol. The predicted molar refractivity (Wildman–Crippen MR) is 115 cm³/mol. The summed E-state index contributed by atoms with van der Waals surface area (Å²) in [6, 6.07) is 6.53. The van der Waals surface area contributed by atoms with Crippen LogP contribution in [0.1, 0.15) is 26.2 Å². The number of nitrogens with one attached hydrogen (secondary N) is 2. The Balaban J connectivity index is 1.46. The van der Waals surface area contributed by atoms with Crippen LogP contribution >= 0.6 is 0 Å². The van der Waals surface area contributed by atoms with Crippen molar-refractivity contribution >= 4 is 28.8 Å². The van der Waals surface area contributed by atoms with Gasteiger partial charge in [0.2, 0.25) is 17.7 Å². The maximum atomic E-state index is 13.6. The number of carbonyl (C=O) groups excluding carboxylic acids is 3. The molecular formula is C22H28N6O5. The molecule has 3 amide bonds. The van der Waals surface area contributed by atoms with Crippen molar-refractivity contribution in [1.82, 2.24) is 30.5 Å². The van der Waals surface area contributed by atoms with E-state index in [4.69, 9.17) is 4.74 Å². The number of aromatic nitrogens is 3. The summed E-state index contributed by atoms with van der Waals surface area (Å²) in [7, 11) is 1.54. The lowest BCUT2D eigenvalue weighted by atomic mass is 9.66. The molecule has 1 aromatic heterocycles. The number of para-hydroxylation sites is 1. The number of rotatable bonds is 7. The first kappa shape index (κ1) is 21.8. The van der Waals surface area contributed by atoms with E-state index in [-0.39, 0.29) is 37.5 Å². The number of fused-ring (bicyclic) bond motifs is 2. The topological polar surface area (TPSA) is 139 Å². The van der Waals surface area contributed by atoms with Gasteiger partial charge in [0.15, 0.2) is 0 Å². The third-order valence-corrected chi connectivity index (χ3v) is 7.43. The van der Waals surface area contributed by atoms with Gasteiger partial charge in [-0.15, -0.1) is 5.10 Å². The number of hydrogen-bond acceptors (Lipinski definition) is 7. The molecule has 2 aromatic rings. The molecule has 0 saturated carbocycles. The number of aliphatic hydroxyl groups is 1. The highest BCUT2D eigenvalue weighted by Crippen LogP contribution is 2.63. The summed E-state index contributed by atoms with van der Waals surface area (Å²) >= 11 is 0. The van der Waals surface area contributed by atoms with E-state index in [9.17, 15) is 19.5 Å². The Labute approximate surface area is 190 Å². The van der Waals surface area contributed by atoms with Crippen LogP contribution < -0.4 is 10.6 Å². The highest BCUT2D eigenvalue weighted by Gasteiger charge is 2.77. The first-order valence-electron chi connectivity index (χ1n) is 11.3. The Hall–Kier alpha value is -3.05. The van der Waals surface area contributed by atoms with Gasteiger partial charge in [-0.2, -0.15) is 0 Å². The van der Waals surface area contributed by atoms with Crippen LogP contribution in [0.5, 0.6) is 0 Å². The fraction of sp³-hybridized carbons (Fsp3) is 0.591. The van der Waals surface area contributed by atoms with Crippen molar-refractivity contribution < 1.29 is 24.2 Å². The van der Waals surface area contributed by atoms with Crippen LogP contribution in [0.15, 0.2) is 24.3 Å². The normalized spacial score (nSPS) is 32.4. The number of aliphatic hydroxyl groups excluding tert-OH is 1. The van der Waals surface area contributed by atoms with E-state index in [2.05, 4.69) is 20.9 Å². The SMILES string of the molecule is CNC(=O)[C@H]1[C@H]2C(=O)N(CCCO)C(C(=O)NCn3nnc4ccccc43)C23CC[C@]1(C)O3. The summed E-state index contributed by atoms with van der Waals surface area (Å²) in [5, 5.41) is 23.1. The maximum absolute atomic E-state index is 13.6. The van der Waals surface area contributed by atoms with E-state index in [0.717, 1.165) is 5.52 Å². The van der Waals surface area contributed by atoms with Crippen molar-refractivity contribution in [2.45, 2.75) is 50.1 Å². The van der Waals surface area contributed by atoms with Gasteiger partial charge in [-0.25, -0.2) is 4.68 Å². The second-order valence-electron chi connectivity index (χ2n) is 9.23. The third kappa shape index (κ3) is 3.06. The molecule has 5 atom stereocenters. The molecule has 1 spiro atoms. The molecule has 11 heteroatoms. The van der Waals surface area contributed by atoms with Gasteiger partial charge in [-0.1, -0.05) is 17.3 Å². The zero-order valence-electron chi connectivity index (χ0n) is 18.7. The van der Waals surface area contributed by atoms with E-state index >= 15 is 0 Å². The van der Waals surface area contributed by atoms with Gasteiger partial charge in [-0.05, 0) is 38.3 Å². The molecule has 5 rings (SSSR count). The molecule has 1 aromatic carbocycles. The second-order valence-corrected chi connectivity index (χ2v) is 9.23. The summed E-state index contributed by atoms with van der Waals surface area (Å²) in [4.78, 5) is 41.4. The van der Waals surface area contributed by atoms with Gasteiger partial charge in [0, 0.05) is 20.2 Å². The van der Waals surface area contributed by atoms with Gasteiger partial charge in [-0.3, -0.25) is 14.4 Å². The van der Waals surface area contributed by atoms with Crippen LogP contribution in [0.25, 0.3) is 11.0 Å². The number of benzene rings is 1. The number of hydrogen-bond donors (Lipinski definition) is 3. The molecule has 3 fully saturated rings. The van der Waals surface area contributed by atoms with Gasteiger partial charge < -0.3 is 25.4 Å². The van der Waals surface area contributed by atoms with Crippen molar-refractivity contribution in [3.63, 3.8) is 0 Å². The smallest absolute Gasteiger partial charge is 0.247 e. The summed E-state index contributed by atoms with van der Waals surface area (Å²) < 4.78 is 8.03. The molecule has 3 aliphatic heterocycles. The zero-order valence-corrected chi connectivity index (χ0v) is 18.7. The summed E-state index contributed by atoms with van der Waals surface area (Å²) in [5.74, 6) is -2.30. The van der Waals surface area contributed by atoms with Gasteiger partial charge >= 0.3 is 0 Å². The Morgan fingerprint density at radius 2 is 2.06 bits per heavy atom. The van der Waals surface area contributed by atoms with Crippen LogP contribution in [0.4, 0.5) is 0 Å². The summed E-state index contributed by atoms with van der Waals surface area (Å²) in [6.07, 6.45) is 1.42. The largest absolute Gasteiger partial charge is 0.396 e. The van der Waals surface area contributed by atoms with Gasteiger partial charge in [0.1, 0.15) is 23.8 Å². The lowest BCUT2D eigenvalue weighted by Gasteiger charge is -2.33. The molecule has 33 heavy (non-hydrogen) atoms. The average molecular weight is 457 g/mol. The molecule has 0 radical (unpaired) electrons. The molecular weight excluding hydrogens is 428 g/mol. The highest BCUT2D eigenvalue weighted by atomic mass is 16.5. The van der Waals surface area contributed by atoms with Crippen LogP contribution in [0, 0.1) is 11.8 Å². The minimum absolute atomic E-state index is 0.0781. The fourth-order valence-electron chi connectivity index (χ4n) is 6.05.